The Morgan fingerprint density at radius 1 is 0.909 bits per heavy atom. The number of amides is 1. The van der Waals surface area contributed by atoms with Crippen molar-refractivity contribution in [1.82, 2.24) is 4.98 Å². The first-order valence-electron chi connectivity index (χ1n) is 10.2. The molecule has 5 nitrogen and oxygen atoms in total. The molecule has 33 heavy (non-hydrogen) atoms. The topological polar surface area (TPSA) is 66.1 Å². The highest BCUT2D eigenvalue weighted by molar-refractivity contribution is 8.00. The van der Waals surface area contributed by atoms with Crippen molar-refractivity contribution in [1.29, 1.82) is 0 Å². The maximum atomic E-state index is 13.2. The number of anilines is 3. The number of aryl methyl sites for hydroxylation is 1. The summed E-state index contributed by atoms with van der Waals surface area (Å²) in [5, 5.41) is 11.9. The number of rotatable bonds is 7. The van der Waals surface area contributed by atoms with Gasteiger partial charge in [0.1, 0.15) is 5.25 Å². The molecule has 1 unspecified atom stereocenters. The third kappa shape index (κ3) is 6.64. The van der Waals surface area contributed by atoms with E-state index in [9.17, 15) is 4.79 Å². The van der Waals surface area contributed by atoms with Gasteiger partial charge >= 0.3 is 0 Å². The number of nitrogens with zero attached hydrogens (tertiary/aromatic N) is 1. The molecule has 0 spiro atoms. The predicted octanol–water partition coefficient (Wildman–Crippen LogP) is 6.73. The van der Waals surface area contributed by atoms with Crippen LogP contribution in [0.3, 0.4) is 0 Å². The lowest BCUT2D eigenvalue weighted by Gasteiger charge is -2.17. The molecule has 0 radical (unpaired) electrons. The molecule has 1 heterocycles. The van der Waals surface area contributed by atoms with E-state index in [2.05, 4.69) is 20.9 Å². The van der Waals surface area contributed by atoms with E-state index in [-0.39, 0.29) is 5.91 Å². The van der Waals surface area contributed by atoms with Gasteiger partial charge in [0.05, 0.1) is 5.69 Å². The Kier molecular flexibility index (Phi) is 7.72. The smallest absolute Gasteiger partial charge is 0.244 e. The van der Waals surface area contributed by atoms with Crippen LogP contribution in [-0.2, 0) is 4.79 Å². The van der Waals surface area contributed by atoms with Crippen LogP contribution >= 0.6 is 35.3 Å². The number of hydrogen-bond donors (Lipinski definition) is 3. The number of benzene rings is 3. The van der Waals surface area contributed by atoms with E-state index in [1.165, 1.54) is 23.1 Å². The molecule has 3 aromatic carbocycles. The van der Waals surface area contributed by atoms with Crippen LogP contribution in [-0.4, -0.2) is 16.0 Å². The first-order chi connectivity index (χ1) is 16.1. The van der Waals surface area contributed by atoms with Gasteiger partial charge in [-0.25, -0.2) is 4.98 Å². The van der Waals surface area contributed by atoms with Gasteiger partial charge in [0.25, 0.3) is 0 Å². The second-order valence-corrected chi connectivity index (χ2v) is 9.61. The van der Waals surface area contributed by atoms with Crippen molar-refractivity contribution in [3.8, 4) is 0 Å². The number of hydrogen-bond acceptors (Lipinski definition) is 5. The third-order valence-corrected chi connectivity index (χ3v) is 6.89. The van der Waals surface area contributed by atoms with Crippen LogP contribution in [0.4, 0.5) is 16.5 Å². The van der Waals surface area contributed by atoms with Gasteiger partial charge in [-0.15, -0.1) is 23.1 Å². The van der Waals surface area contributed by atoms with E-state index < -0.39 is 5.25 Å². The summed E-state index contributed by atoms with van der Waals surface area (Å²) >= 11 is 8.35. The highest BCUT2D eigenvalue weighted by atomic mass is 32.2. The van der Waals surface area contributed by atoms with Crippen LogP contribution in [0, 0.1) is 6.92 Å². The lowest BCUT2D eigenvalue weighted by Crippen LogP contribution is -2.19. The third-order valence-electron chi connectivity index (χ3n) is 4.57. The quantitative estimate of drug-likeness (QED) is 0.197. The Morgan fingerprint density at radius 3 is 2.27 bits per heavy atom. The van der Waals surface area contributed by atoms with Crippen LogP contribution in [0.25, 0.3) is 0 Å². The summed E-state index contributed by atoms with van der Waals surface area (Å²) in [6.45, 7) is 1.91. The molecule has 1 amide bonds. The fourth-order valence-electron chi connectivity index (χ4n) is 3.08. The van der Waals surface area contributed by atoms with Crippen molar-refractivity contribution in [2.24, 2.45) is 0 Å². The maximum Gasteiger partial charge on any atom is 0.244 e. The zero-order valence-corrected chi connectivity index (χ0v) is 20.3. The Hall–Kier alpha value is -3.20. The number of thiocarbonyl (C=S) groups is 1. The summed E-state index contributed by atoms with van der Waals surface area (Å²) in [7, 11) is 0. The van der Waals surface area contributed by atoms with Gasteiger partial charge in [-0.2, -0.15) is 0 Å². The number of aromatic nitrogens is 1. The van der Waals surface area contributed by atoms with Gasteiger partial charge in [0.15, 0.2) is 10.2 Å². The van der Waals surface area contributed by atoms with E-state index in [1.54, 1.807) is 0 Å². The van der Waals surface area contributed by atoms with E-state index in [4.69, 9.17) is 12.2 Å². The molecule has 0 aliphatic rings. The summed E-state index contributed by atoms with van der Waals surface area (Å²) in [5.74, 6) is -0.111. The SMILES string of the molecule is Cc1csc(NC(=O)C(Sc2cccc(NC(=S)Nc3ccccc3)c2)c2ccccc2)n1. The molecule has 8 heteroatoms. The molecule has 0 saturated carbocycles. The summed E-state index contributed by atoms with van der Waals surface area (Å²) in [5.41, 5.74) is 3.57. The monoisotopic (exact) mass is 490 g/mol. The minimum Gasteiger partial charge on any atom is -0.332 e. The van der Waals surface area contributed by atoms with Crippen molar-refractivity contribution >= 4 is 62.8 Å². The Labute approximate surface area is 206 Å². The average Bonchev–Trinajstić information content (AvgIpc) is 3.23. The zero-order chi connectivity index (χ0) is 23.0. The van der Waals surface area contributed by atoms with E-state index in [0.29, 0.717) is 10.2 Å². The summed E-state index contributed by atoms with van der Waals surface area (Å²) in [6, 6.07) is 27.4. The molecule has 0 aliphatic heterocycles. The first kappa shape index (κ1) is 23.0. The normalized spacial score (nSPS) is 11.4. The molecule has 0 saturated heterocycles. The van der Waals surface area contributed by atoms with E-state index in [1.807, 2.05) is 97.2 Å². The Balaban J connectivity index is 1.49. The number of nitrogens with one attached hydrogen (secondary N) is 3. The molecule has 3 N–H and O–H groups in total. The van der Waals surface area contributed by atoms with Crippen molar-refractivity contribution in [2.75, 3.05) is 16.0 Å². The second-order valence-electron chi connectivity index (χ2n) is 7.16. The largest absolute Gasteiger partial charge is 0.332 e. The lowest BCUT2D eigenvalue weighted by molar-refractivity contribution is -0.115. The standard InChI is InChI=1S/C25H22N4OS3/c1-17-16-32-25(26-17)29-23(30)22(18-9-4-2-5-10-18)33-21-14-8-13-20(15-21)28-24(31)27-19-11-6-3-7-12-19/h2-16,22H,1H3,(H,26,29,30)(H2,27,28,31). The fourth-order valence-corrected chi connectivity index (χ4v) is 5.09. The molecule has 1 aromatic heterocycles. The van der Waals surface area contributed by atoms with Crippen molar-refractivity contribution in [3.63, 3.8) is 0 Å². The Morgan fingerprint density at radius 2 is 1.58 bits per heavy atom. The zero-order valence-electron chi connectivity index (χ0n) is 17.8. The van der Waals surface area contributed by atoms with Gasteiger partial charge in [-0.3, -0.25) is 4.79 Å². The van der Waals surface area contributed by atoms with Crippen molar-refractivity contribution in [2.45, 2.75) is 17.1 Å². The highest BCUT2D eigenvalue weighted by Gasteiger charge is 2.23. The van der Waals surface area contributed by atoms with E-state index >= 15 is 0 Å². The van der Waals surface area contributed by atoms with Gasteiger partial charge in [-0.05, 0) is 55.0 Å². The summed E-state index contributed by atoms with van der Waals surface area (Å²) in [6.07, 6.45) is 0. The highest BCUT2D eigenvalue weighted by Crippen LogP contribution is 2.37. The van der Waals surface area contributed by atoms with Crippen LogP contribution in [0.15, 0.2) is 95.2 Å². The molecule has 1 atom stereocenters. The number of thioether (sulfide) groups is 1. The molecule has 166 valence electrons. The number of carbonyl (C=O) groups is 1. The maximum absolute atomic E-state index is 13.2. The first-order valence-corrected chi connectivity index (χ1v) is 12.4. The van der Waals surface area contributed by atoms with Crippen molar-refractivity contribution < 1.29 is 4.79 Å². The van der Waals surface area contributed by atoms with Gasteiger partial charge in [-0.1, -0.05) is 54.6 Å². The minimum atomic E-state index is -0.431. The minimum absolute atomic E-state index is 0.111. The molecular weight excluding hydrogens is 469 g/mol. The van der Waals surface area contributed by atoms with Crippen molar-refractivity contribution in [3.05, 3.63) is 102 Å². The lowest BCUT2D eigenvalue weighted by atomic mass is 10.1. The number of carbonyl (C=O) groups excluding carboxylic acids is 1. The van der Waals surface area contributed by atoms with Gasteiger partial charge in [0.2, 0.25) is 5.91 Å². The summed E-state index contributed by atoms with van der Waals surface area (Å²) in [4.78, 5) is 18.5. The van der Waals surface area contributed by atoms with E-state index in [0.717, 1.165) is 27.5 Å². The van der Waals surface area contributed by atoms with Gasteiger partial charge in [0, 0.05) is 21.7 Å². The number of para-hydroxylation sites is 1. The molecule has 0 fully saturated rings. The summed E-state index contributed by atoms with van der Waals surface area (Å²) < 4.78 is 0. The van der Waals surface area contributed by atoms with Crippen LogP contribution in [0.1, 0.15) is 16.5 Å². The van der Waals surface area contributed by atoms with Gasteiger partial charge < -0.3 is 16.0 Å². The van der Waals surface area contributed by atoms with Crippen LogP contribution < -0.4 is 16.0 Å². The second kappa shape index (κ2) is 11.1. The average molecular weight is 491 g/mol. The Bertz CT molecular complexity index is 1230. The predicted molar refractivity (Wildman–Crippen MR) is 143 cm³/mol. The fraction of sp³-hybridized carbons (Fsp3) is 0.0800. The molecule has 4 aromatic rings. The molecule has 0 bridgehead atoms. The molecule has 0 aliphatic carbocycles. The molecular formula is C25H22N4OS3. The molecule has 4 rings (SSSR count). The van der Waals surface area contributed by atoms with Crippen LogP contribution in [0.5, 0.6) is 0 Å². The van der Waals surface area contributed by atoms with Crippen LogP contribution in [0.2, 0.25) is 0 Å². The number of thiazole rings is 1.